The Balaban J connectivity index is 1.61. The Morgan fingerprint density at radius 2 is 1.96 bits per heavy atom. The summed E-state index contributed by atoms with van der Waals surface area (Å²) in [5, 5.41) is 13.6. The minimum absolute atomic E-state index is 0.533. The summed E-state index contributed by atoms with van der Waals surface area (Å²) < 4.78 is 1.70. The van der Waals surface area contributed by atoms with E-state index in [1.165, 1.54) is 16.6 Å². The number of nitrogens with two attached hydrogens (primary N) is 1. The van der Waals surface area contributed by atoms with Crippen molar-refractivity contribution < 1.29 is 0 Å². The van der Waals surface area contributed by atoms with E-state index in [-0.39, 0.29) is 0 Å². The maximum absolute atomic E-state index is 6.14. The first-order chi connectivity index (χ1) is 12.1. The number of thiophene rings is 1. The number of nitrogen functional groups attached to an aromatic ring is 1. The Labute approximate surface area is 152 Å². The number of thioether (sulfide) groups is 1. The molecule has 4 aromatic rings. The quantitative estimate of drug-likeness (QED) is 0.552. The van der Waals surface area contributed by atoms with E-state index in [9.17, 15) is 0 Å². The molecule has 3 heterocycles. The summed E-state index contributed by atoms with van der Waals surface area (Å²) in [6.45, 7) is 4.12. The zero-order valence-corrected chi connectivity index (χ0v) is 15.3. The van der Waals surface area contributed by atoms with Crippen molar-refractivity contribution in [2.45, 2.75) is 24.8 Å². The van der Waals surface area contributed by atoms with Gasteiger partial charge in [0.05, 0.1) is 16.8 Å². The third-order valence-corrected chi connectivity index (χ3v) is 5.89. The summed E-state index contributed by atoms with van der Waals surface area (Å²) in [6, 6.07) is 9.77. The lowest BCUT2D eigenvalue weighted by Crippen LogP contribution is -2.01. The molecule has 0 amide bonds. The van der Waals surface area contributed by atoms with E-state index in [1.807, 2.05) is 30.3 Å². The molecular weight excluding hydrogens is 354 g/mol. The van der Waals surface area contributed by atoms with Gasteiger partial charge in [-0.05, 0) is 42.0 Å². The first kappa shape index (κ1) is 16.0. The van der Waals surface area contributed by atoms with Gasteiger partial charge in [0.1, 0.15) is 16.5 Å². The first-order valence-electron chi connectivity index (χ1n) is 7.62. The van der Waals surface area contributed by atoms with Crippen LogP contribution in [0.3, 0.4) is 0 Å². The van der Waals surface area contributed by atoms with Crippen LogP contribution in [0.25, 0.3) is 15.9 Å². The number of nitrogens with zero attached hydrogens (tertiary/aromatic N) is 6. The summed E-state index contributed by atoms with van der Waals surface area (Å²) in [6.07, 6.45) is 0. The van der Waals surface area contributed by atoms with Gasteiger partial charge in [0.25, 0.3) is 0 Å². The molecule has 0 unspecified atom stereocenters. The highest BCUT2D eigenvalue weighted by Gasteiger charge is 2.14. The molecule has 126 valence electrons. The average Bonchev–Trinajstić information content (AvgIpc) is 3.19. The Kier molecular flexibility index (Phi) is 4.10. The lowest BCUT2D eigenvalue weighted by atomic mass is 10.2. The van der Waals surface area contributed by atoms with Crippen molar-refractivity contribution in [2.75, 3.05) is 5.73 Å². The van der Waals surface area contributed by atoms with Crippen molar-refractivity contribution in [1.82, 2.24) is 30.2 Å². The topological polar surface area (TPSA) is 95.4 Å². The molecule has 9 heteroatoms. The number of aryl methyl sites for hydroxylation is 2. The monoisotopic (exact) mass is 369 g/mol. The second-order valence-corrected chi connectivity index (χ2v) is 7.63. The Hall–Kier alpha value is -2.52. The number of fused-ring (bicyclic) bond motifs is 1. The van der Waals surface area contributed by atoms with Crippen LogP contribution < -0.4 is 5.73 Å². The normalized spacial score (nSPS) is 11.3. The number of hydrogen-bond acceptors (Lipinski definition) is 8. The highest BCUT2D eigenvalue weighted by molar-refractivity contribution is 7.98. The lowest BCUT2D eigenvalue weighted by Gasteiger charge is -2.05. The fourth-order valence-corrected chi connectivity index (χ4v) is 4.32. The molecule has 0 bridgehead atoms. The highest BCUT2D eigenvalue weighted by atomic mass is 32.2. The standard InChI is InChI=1S/C16H15N7S2/c1-9-10(2)25-15-13(9)14(17)18-12(19-15)8-24-16-20-21-22-23(16)11-6-4-3-5-7-11/h3-7H,8H2,1-2H3,(H2,17,18,19). The van der Waals surface area contributed by atoms with Gasteiger partial charge in [-0.15, -0.1) is 16.4 Å². The molecule has 0 saturated carbocycles. The van der Waals surface area contributed by atoms with Crippen LogP contribution in [0, 0.1) is 13.8 Å². The van der Waals surface area contributed by atoms with Crippen LogP contribution in [0.5, 0.6) is 0 Å². The second-order valence-electron chi connectivity index (χ2n) is 5.49. The van der Waals surface area contributed by atoms with Gasteiger partial charge in [-0.25, -0.2) is 9.97 Å². The molecule has 4 rings (SSSR count). The number of aromatic nitrogens is 6. The van der Waals surface area contributed by atoms with Crippen molar-refractivity contribution >= 4 is 39.1 Å². The van der Waals surface area contributed by atoms with Crippen molar-refractivity contribution in [2.24, 2.45) is 0 Å². The molecule has 0 atom stereocenters. The fraction of sp³-hybridized carbons (Fsp3) is 0.188. The number of rotatable bonds is 4. The van der Waals surface area contributed by atoms with E-state index in [1.54, 1.807) is 16.0 Å². The largest absolute Gasteiger partial charge is 0.383 e. The number of benzene rings is 1. The summed E-state index contributed by atoms with van der Waals surface area (Å²) in [7, 11) is 0. The minimum Gasteiger partial charge on any atom is -0.383 e. The molecule has 0 spiro atoms. The predicted molar refractivity (Wildman–Crippen MR) is 100 cm³/mol. The van der Waals surface area contributed by atoms with E-state index in [2.05, 4.69) is 39.3 Å². The van der Waals surface area contributed by atoms with Crippen LogP contribution in [0.15, 0.2) is 35.5 Å². The van der Waals surface area contributed by atoms with Gasteiger partial charge in [0.15, 0.2) is 0 Å². The molecular formula is C16H15N7S2. The molecule has 25 heavy (non-hydrogen) atoms. The van der Waals surface area contributed by atoms with Crippen LogP contribution in [0.4, 0.5) is 5.82 Å². The molecule has 2 N–H and O–H groups in total. The molecule has 0 aliphatic heterocycles. The smallest absolute Gasteiger partial charge is 0.214 e. The van der Waals surface area contributed by atoms with Gasteiger partial charge in [0, 0.05) is 4.88 Å². The third-order valence-electron chi connectivity index (χ3n) is 3.88. The Morgan fingerprint density at radius 3 is 2.76 bits per heavy atom. The molecule has 7 nitrogen and oxygen atoms in total. The summed E-state index contributed by atoms with van der Waals surface area (Å²) in [5.41, 5.74) is 8.21. The second kappa shape index (κ2) is 6.41. The Morgan fingerprint density at radius 1 is 1.16 bits per heavy atom. The molecule has 3 aromatic heterocycles. The maximum atomic E-state index is 6.14. The van der Waals surface area contributed by atoms with Crippen LogP contribution in [0.1, 0.15) is 16.3 Å². The van der Waals surface area contributed by atoms with Crippen LogP contribution in [0.2, 0.25) is 0 Å². The SMILES string of the molecule is Cc1sc2nc(CSc3nnnn3-c3ccccc3)nc(N)c2c1C. The van der Waals surface area contributed by atoms with E-state index in [4.69, 9.17) is 5.73 Å². The van der Waals surface area contributed by atoms with Crippen molar-refractivity contribution in [3.8, 4) is 5.69 Å². The van der Waals surface area contributed by atoms with Gasteiger partial charge in [-0.3, -0.25) is 0 Å². The van der Waals surface area contributed by atoms with Gasteiger partial charge < -0.3 is 5.73 Å². The molecule has 0 saturated heterocycles. The van der Waals surface area contributed by atoms with Crippen molar-refractivity contribution in [1.29, 1.82) is 0 Å². The minimum atomic E-state index is 0.533. The van der Waals surface area contributed by atoms with E-state index in [0.717, 1.165) is 21.5 Å². The fourth-order valence-electron chi connectivity index (χ4n) is 2.52. The van der Waals surface area contributed by atoms with Gasteiger partial charge in [0.2, 0.25) is 5.16 Å². The van der Waals surface area contributed by atoms with E-state index in [0.29, 0.717) is 22.6 Å². The van der Waals surface area contributed by atoms with Gasteiger partial charge >= 0.3 is 0 Å². The van der Waals surface area contributed by atoms with E-state index < -0.39 is 0 Å². The van der Waals surface area contributed by atoms with Crippen LogP contribution in [-0.2, 0) is 5.75 Å². The van der Waals surface area contributed by atoms with Crippen LogP contribution >= 0.6 is 23.1 Å². The number of tetrazole rings is 1. The molecule has 0 aliphatic rings. The van der Waals surface area contributed by atoms with Gasteiger partial charge in [-0.1, -0.05) is 30.0 Å². The van der Waals surface area contributed by atoms with Gasteiger partial charge in [-0.2, -0.15) is 4.68 Å². The highest BCUT2D eigenvalue weighted by Crippen LogP contribution is 2.32. The molecule has 0 fully saturated rings. The average molecular weight is 369 g/mol. The number of anilines is 1. The summed E-state index contributed by atoms with van der Waals surface area (Å²) in [5.74, 6) is 1.76. The maximum Gasteiger partial charge on any atom is 0.214 e. The third kappa shape index (κ3) is 2.96. The lowest BCUT2D eigenvalue weighted by molar-refractivity contribution is 0.756. The summed E-state index contributed by atoms with van der Waals surface area (Å²) >= 11 is 3.13. The van der Waals surface area contributed by atoms with Crippen molar-refractivity contribution in [3.63, 3.8) is 0 Å². The Bertz CT molecular complexity index is 1040. The predicted octanol–water partition coefficient (Wildman–Crippen LogP) is 3.16. The number of para-hydroxylation sites is 1. The van der Waals surface area contributed by atoms with Crippen molar-refractivity contribution in [3.05, 3.63) is 46.6 Å². The zero-order chi connectivity index (χ0) is 17.4. The summed E-state index contributed by atoms with van der Waals surface area (Å²) in [4.78, 5) is 11.2. The molecule has 1 aromatic carbocycles. The number of hydrogen-bond donors (Lipinski definition) is 1. The van der Waals surface area contributed by atoms with E-state index >= 15 is 0 Å². The molecule has 0 aliphatic carbocycles. The van der Waals surface area contributed by atoms with Crippen LogP contribution in [-0.4, -0.2) is 30.2 Å². The first-order valence-corrected chi connectivity index (χ1v) is 9.42. The molecule has 0 radical (unpaired) electrons. The zero-order valence-electron chi connectivity index (χ0n) is 13.7.